The average Bonchev–Trinajstić information content (AvgIpc) is 3.92. The predicted molar refractivity (Wildman–Crippen MR) is 212 cm³/mol. The second-order valence-corrected chi connectivity index (χ2v) is 15.1. The van der Waals surface area contributed by atoms with E-state index in [9.17, 15) is 4.79 Å². The Hall–Kier alpha value is -4.90. The summed E-state index contributed by atoms with van der Waals surface area (Å²) in [7, 11) is 0. The smallest absolute Gasteiger partial charge is 0.350 e. The number of halogens is 1. The van der Waals surface area contributed by atoms with Crippen LogP contribution in [0.5, 0.6) is 5.75 Å². The number of rotatable bonds is 12. The first-order chi connectivity index (χ1) is 26.3. The van der Waals surface area contributed by atoms with Gasteiger partial charge in [0.15, 0.2) is 0 Å². The average molecular weight is 747 g/mol. The van der Waals surface area contributed by atoms with Crippen molar-refractivity contribution in [1.82, 2.24) is 23.9 Å². The van der Waals surface area contributed by atoms with Crippen LogP contribution < -0.4 is 15.3 Å². The quantitative estimate of drug-likeness (QED) is 0.125. The lowest BCUT2D eigenvalue weighted by molar-refractivity contribution is -0.188. The lowest BCUT2D eigenvalue weighted by Crippen LogP contribution is -2.34. The van der Waals surface area contributed by atoms with Gasteiger partial charge >= 0.3 is 5.69 Å². The molecule has 0 N–H and O–H groups in total. The van der Waals surface area contributed by atoms with E-state index in [2.05, 4.69) is 62.9 Å². The highest BCUT2D eigenvalue weighted by atomic mass is 35.5. The van der Waals surface area contributed by atoms with Crippen LogP contribution >= 0.6 is 11.6 Å². The third-order valence-electron chi connectivity index (χ3n) is 11.0. The predicted octanol–water partition coefficient (Wildman–Crippen LogP) is 8.12. The first kappa shape index (κ1) is 36.1. The van der Waals surface area contributed by atoms with Gasteiger partial charge in [-0.15, -0.1) is 0 Å². The van der Waals surface area contributed by atoms with E-state index in [4.69, 9.17) is 25.8 Å². The fourth-order valence-corrected chi connectivity index (χ4v) is 8.06. The molecule has 0 bridgehead atoms. The molecule has 2 fully saturated rings. The van der Waals surface area contributed by atoms with Gasteiger partial charge in [-0.05, 0) is 111 Å². The van der Waals surface area contributed by atoms with E-state index in [1.165, 1.54) is 11.3 Å². The van der Waals surface area contributed by atoms with Crippen LogP contribution in [0.25, 0.3) is 16.7 Å². The number of nitrogens with zero attached hydrogens (tertiary/aromatic N) is 6. The van der Waals surface area contributed by atoms with Crippen molar-refractivity contribution in [3.63, 3.8) is 0 Å². The molecule has 0 amide bonds. The third-order valence-corrected chi connectivity index (χ3v) is 11.3. The van der Waals surface area contributed by atoms with Crippen LogP contribution in [-0.2, 0) is 28.2 Å². The molecule has 2 aliphatic rings. The summed E-state index contributed by atoms with van der Waals surface area (Å²) < 4.78 is 24.7. The summed E-state index contributed by atoms with van der Waals surface area (Å²) in [5.74, 6) is 0.349. The molecular formula is C43H47ClN6O4. The molecule has 8 rings (SSSR count). The molecule has 3 atom stereocenters. The number of hydrogen-bond donors (Lipinski definition) is 0. The maximum atomic E-state index is 12.8. The Bertz CT molecular complexity index is 2260. The van der Waals surface area contributed by atoms with Crippen molar-refractivity contribution in [3.05, 3.63) is 136 Å². The largest absolute Gasteiger partial charge is 0.491 e. The molecule has 4 aromatic carbocycles. The van der Waals surface area contributed by atoms with Crippen molar-refractivity contribution < 1.29 is 14.2 Å². The van der Waals surface area contributed by atoms with Crippen molar-refractivity contribution in [2.45, 2.75) is 70.9 Å². The molecule has 11 heteroatoms. The molecule has 6 aromatic rings. The molecule has 0 saturated carbocycles. The minimum Gasteiger partial charge on any atom is -0.491 e. The molecule has 2 aliphatic heterocycles. The topological polar surface area (TPSA) is 88.6 Å². The van der Waals surface area contributed by atoms with Crippen molar-refractivity contribution >= 4 is 28.3 Å². The van der Waals surface area contributed by atoms with Gasteiger partial charge in [0.2, 0.25) is 5.79 Å². The number of anilines is 1. The number of benzene rings is 4. The van der Waals surface area contributed by atoms with E-state index >= 15 is 0 Å². The van der Waals surface area contributed by atoms with Gasteiger partial charge in [0.1, 0.15) is 24.8 Å². The summed E-state index contributed by atoms with van der Waals surface area (Å²) in [5.41, 5.74) is 7.03. The molecule has 280 valence electrons. The Morgan fingerprint density at radius 1 is 0.963 bits per heavy atom. The summed E-state index contributed by atoms with van der Waals surface area (Å²) >= 11 is 6.81. The van der Waals surface area contributed by atoms with Crippen LogP contribution in [0.15, 0.2) is 108 Å². The van der Waals surface area contributed by atoms with E-state index < -0.39 is 5.79 Å². The number of imidazole rings is 1. The summed E-state index contributed by atoms with van der Waals surface area (Å²) in [6.45, 7) is 9.24. The molecule has 2 saturated heterocycles. The van der Waals surface area contributed by atoms with Crippen LogP contribution in [0, 0.1) is 12.8 Å². The van der Waals surface area contributed by atoms with Gasteiger partial charge in [-0.25, -0.2) is 19.0 Å². The van der Waals surface area contributed by atoms with E-state index in [1.54, 1.807) is 15.6 Å². The molecule has 0 radical (unpaired) electrons. The van der Waals surface area contributed by atoms with Crippen molar-refractivity contribution in [1.29, 1.82) is 0 Å². The Morgan fingerprint density at radius 3 is 2.48 bits per heavy atom. The molecule has 0 spiro atoms. The fourth-order valence-electron chi connectivity index (χ4n) is 7.68. The SMILES string of the molecule is CCC(C)n1ncn(-c2ccc(N3CCC(Cc4ccc(OC[C@@H]5CO[C@@](Cn6cnc7ccccc76)(c6ccc(C)cc6Cl)O5)cc4)CC3)cc2)c1=O. The van der Waals surface area contributed by atoms with E-state index in [-0.39, 0.29) is 17.8 Å². The van der Waals surface area contributed by atoms with E-state index in [1.807, 2.05) is 74.8 Å². The Balaban J connectivity index is 0.845. The van der Waals surface area contributed by atoms with Crippen LogP contribution in [0.4, 0.5) is 5.69 Å². The number of ether oxygens (including phenoxy) is 3. The lowest BCUT2D eigenvalue weighted by Gasteiger charge is -2.33. The van der Waals surface area contributed by atoms with Gasteiger partial charge in [-0.1, -0.05) is 54.9 Å². The summed E-state index contributed by atoms with van der Waals surface area (Å²) in [6.07, 6.45) is 7.31. The maximum absolute atomic E-state index is 12.8. The molecular weight excluding hydrogens is 700 g/mol. The molecule has 54 heavy (non-hydrogen) atoms. The molecule has 10 nitrogen and oxygen atoms in total. The van der Waals surface area contributed by atoms with Crippen LogP contribution in [0.1, 0.15) is 55.8 Å². The first-order valence-electron chi connectivity index (χ1n) is 19.0. The standard InChI is InChI=1S/C43H47ClN6O4/c1-4-31(3)50-42(51)49(29-46-50)35-14-12-34(13-15-35)47-21-19-33(20-22-47)24-32-10-16-36(17-11-32)52-25-37-26-53-43(54-37,38-18-9-30(2)23-39(38)44)27-48-28-45-40-7-5-6-8-41(40)48/h5-18,23,28-29,31,33,37H,4,19-22,24-27H2,1-3H3/t31?,37-,43-/m1/s1. The first-order valence-corrected chi connectivity index (χ1v) is 19.4. The molecule has 4 heterocycles. The summed E-state index contributed by atoms with van der Waals surface area (Å²) in [5, 5.41) is 4.93. The highest BCUT2D eigenvalue weighted by molar-refractivity contribution is 6.31. The summed E-state index contributed by atoms with van der Waals surface area (Å²) in [4.78, 5) is 19.9. The van der Waals surface area contributed by atoms with Crippen LogP contribution in [0.3, 0.4) is 0 Å². The van der Waals surface area contributed by atoms with Gasteiger partial charge in [-0.2, -0.15) is 5.10 Å². The normalized spacial score (nSPS) is 19.8. The van der Waals surface area contributed by atoms with Gasteiger partial charge in [0.25, 0.3) is 0 Å². The fraction of sp³-hybridized carbons (Fsp3) is 0.372. The number of hydrogen-bond acceptors (Lipinski definition) is 7. The minimum absolute atomic E-state index is 0.0757. The Labute approximate surface area is 320 Å². The van der Waals surface area contributed by atoms with Gasteiger partial charge in [-0.3, -0.25) is 0 Å². The number of fused-ring (bicyclic) bond motifs is 1. The highest BCUT2D eigenvalue weighted by Crippen LogP contribution is 2.41. The minimum atomic E-state index is -1.08. The Kier molecular flexibility index (Phi) is 10.3. The maximum Gasteiger partial charge on any atom is 0.350 e. The van der Waals surface area contributed by atoms with Crippen molar-refractivity contribution in [2.24, 2.45) is 5.92 Å². The van der Waals surface area contributed by atoms with Crippen molar-refractivity contribution in [2.75, 3.05) is 31.2 Å². The zero-order chi connectivity index (χ0) is 37.2. The number of piperidine rings is 1. The monoisotopic (exact) mass is 746 g/mol. The third kappa shape index (κ3) is 7.43. The zero-order valence-electron chi connectivity index (χ0n) is 31.1. The van der Waals surface area contributed by atoms with Gasteiger partial charge in [0, 0.05) is 29.4 Å². The van der Waals surface area contributed by atoms with E-state index in [0.717, 1.165) is 72.4 Å². The van der Waals surface area contributed by atoms with Crippen LogP contribution in [0.2, 0.25) is 5.02 Å². The molecule has 1 unspecified atom stereocenters. The lowest BCUT2D eigenvalue weighted by atomic mass is 9.90. The molecule has 0 aliphatic carbocycles. The second-order valence-electron chi connectivity index (χ2n) is 14.7. The second kappa shape index (κ2) is 15.5. The highest BCUT2D eigenvalue weighted by Gasteiger charge is 2.45. The van der Waals surface area contributed by atoms with Gasteiger partial charge in [0.05, 0.1) is 42.2 Å². The number of aromatic nitrogens is 5. The zero-order valence-corrected chi connectivity index (χ0v) is 31.9. The Morgan fingerprint density at radius 2 is 1.72 bits per heavy atom. The molecule has 2 aromatic heterocycles. The van der Waals surface area contributed by atoms with E-state index in [0.29, 0.717) is 30.7 Å². The van der Waals surface area contributed by atoms with Crippen LogP contribution in [-0.4, -0.2) is 56.3 Å². The summed E-state index contributed by atoms with van der Waals surface area (Å²) in [6, 6.07) is 30.8. The number of para-hydroxylation sites is 2. The van der Waals surface area contributed by atoms with Gasteiger partial charge < -0.3 is 23.7 Å². The number of aryl methyl sites for hydroxylation is 1. The van der Waals surface area contributed by atoms with Crippen molar-refractivity contribution in [3.8, 4) is 11.4 Å².